The molecule has 21 heavy (non-hydrogen) atoms. The molecule has 7 heteroatoms. The Labute approximate surface area is 132 Å². The summed E-state index contributed by atoms with van der Waals surface area (Å²) in [5, 5.41) is 11.4. The molecule has 1 aromatic rings. The molecule has 0 heterocycles. The molecule has 0 atom stereocenters. The SMILES string of the molecule is CCOC(=O)C(C#N)=Cc1ccc(NC(=O)C(Cl)Cl)cc1. The number of carbonyl (C=O) groups is 2. The van der Waals surface area contributed by atoms with E-state index in [1.807, 2.05) is 0 Å². The summed E-state index contributed by atoms with van der Waals surface area (Å²) in [5.41, 5.74) is 1.01. The van der Waals surface area contributed by atoms with Gasteiger partial charge in [0.25, 0.3) is 5.91 Å². The molecule has 0 saturated carbocycles. The van der Waals surface area contributed by atoms with Gasteiger partial charge in [-0.15, -0.1) is 0 Å². The van der Waals surface area contributed by atoms with Crippen LogP contribution in [0.3, 0.4) is 0 Å². The molecule has 1 N–H and O–H groups in total. The Kier molecular flexibility index (Phi) is 6.73. The lowest BCUT2D eigenvalue weighted by atomic mass is 10.1. The first-order valence-electron chi connectivity index (χ1n) is 5.96. The van der Waals surface area contributed by atoms with E-state index in [4.69, 9.17) is 33.2 Å². The molecule has 0 aromatic heterocycles. The van der Waals surface area contributed by atoms with E-state index in [0.29, 0.717) is 11.3 Å². The maximum Gasteiger partial charge on any atom is 0.348 e. The van der Waals surface area contributed by atoms with Gasteiger partial charge >= 0.3 is 5.97 Å². The van der Waals surface area contributed by atoms with Crippen molar-refractivity contribution in [1.82, 2.24) is 0 Å². The summed E-state index contributed by atoms with van der Waals surface area (Å²) >= 11 is 10.8. The Morgan fingerprint density at radius 2 is 2.00 bits per heavy atom. The molecule has 0 bridgehead atoms. The molecule has 0 saturated heterocycles. The smallest absolute Gasteiger partial charge is 0.348 e. The van der Waals surface area contributed by atoms with Gasteiger partial charge in [-0.3, -0.25) is 4.79 Å². The van der Waals surface area contributed by atoms with E-state index >= 15 is 0 Å². The fourth-order valence-electron chi connectivity index (χ4n) is 1.37. The molecular formula is C14H12Cl2N2O3. The molecule has 5 nitrogen and oxygen atoms in total. The number of hydrogen-bond donors (Lipinski definition) is 1. The quantitative estimate of drug-likeness (QED) is 0.390. The van der Waals surface area contributed by atoms with Gasteiger partial charge in [-0.2, -0.15) is 5.26 Å². The summed E-state index contributed by atoms with van der Waals surface area (Å²) in [6.07, 6.45) is 1.40. The van der Waals surface area contributed by atoms with E-state index < -0.39 is 16.7 Å². The monoisotopic (exact) mass is 326 g/mol. The van der Waals surface area contributed by atoms with Crippen molar-refractivity contribution in [3.05, 3.63) is 35.4 Å². The summed E-state index contributed by atoms with van der Waals surface area (Å²) in [4.78, 5) is 21.6. The highest BCUT2D eigenvalue weighted by atomic mass is 35.5. The minimum atomic E-state index is -1.15. The van der Waals surface area contributed by atoms with Crippen molar-refractivity contribution in [2.75, 3.05) is 11.9 Å². The summed E-state index contributed by atoms with van der Waals surface area (Å²) < 4.78 is 4.75. The molecular weight excluding hydrogens is 315 g/mol. The second-order valence-electron chi connectivity index (χ2n) is 3.80. The van der Waals surface area contributed by atoms with Crippen LogP contribution >= 0.6 is 23.2 Å². The number of carbonyl (C=O) groups excluding carboxylic acids is 2. The Hall–Kier alpha value is -2.03. The Morgan fingerprint density at radius 1 is 1.38 bits per heavy atom. The number of hydrogen-bond acceptors (Lipinski definition) is 4. The summed E-state index contributed by atoms with van der Waals surface area (Å²) in [6.45, 7) is 1.85. The van der Waals surface area contributed by atoms with Crippen LogP contribution in [0, 0.1) is 11.3 Å². The van der Waals surface area contributed by atoms with Crippen molar-refractivity contribution in [3.63, 3.8) is 0 Å². The molecule has 1 rings (SSSR count). The van der Waals surface area contributed by atoms with E-state index in [1.165, 1.54) is 6.08 Å². The first-order valence-corrected chi connectivity index (χ1v) is 6.83. The number of benzene rings is 1. The molecule has 0 unspecified atom stereocenters. The number of anilines is 1. The van der Waals surface area contributed by atoms with Gasteiger partial charge in [0.15, 0.2) is 4.84 Å². The number of alkyl halides is 2. The van der Waals surface area contributed by atoms with Crippen LogP contribution in [0.15, 0.2) is 29.8 Å². The highest BCUT2D eigenvalue weighted by Gasteiger charge is 2.12. The summed E-state index contributed by atoms with van der Waals surface area (Å²) in [6, 6.07) is 8.23. The molecule has 0 radical (unpaired) electrons. The number of rotatable bonds is 5. The van der Waals surface area contributed by atoms with E-state index in [9.17, 15) is 9.59 Å². The molecule has 1 aromatic carbocycles. The molecule has 0 aliphatic rings. The van der Waals surface area contributed by atoms with Crippen molar-refractivity contribution < 1.29 is 14.3 Å². The van der Waals surface area contributed by atoms with Crippen LogP contribution in [-0.2, 0) is 14.3 Å². The molecule has 0 spiro atoms. The largest absolute Gasteiger partial charge is 0.462 e. The molecule has 0 aliphatic carbocycles. The zero-order valence-corrected chi connectivity index (χ0v) is 12.6. The van der Waals surface area contributed by atoms with E-state index in [0.717, 1.165) is 0 Å². The zero-order chi connectivity index (χ0) is 15.8. The van der Waals surface area contributed by atoms with Crippen molar-refractivity contribution >= 4 is 46.8 Å². The lowest BCUT2D eigenvalue weighted by Crippen LogP contribution is -2.18. The van der Waals surface area contributed by atoms with Crippen LogP contribution in [-0.4, -0.2) is 23.3 Å². The van der Waals surface area contributed by atoms with Gasteiger partial charge in [-0.05, 0) is 30.7 Å². The molecule has 0 aliphatic heterocycles. The van der Waals surface area contributed by atoms with Crippen LogP contribution in [0.2, 0.25) is 0 Å². The van der Waals surface area contributed by atoms with Gasteiger partial charge in [0.05, 0.1) is 6.61 Å². The predicted octanol–water partition coefficient (Wildman–Crippen LogP) is 2.90. The van der Waals surface area contributed by atoms with Crippen molar-refractivity contribution in [2.24, 2.45) is 0 Å². The first kappa shape index (κ1) is 17.0. The Balaban J connectivity index is 2.85. The second-order valence-corrected chi connectivity index (χ2v) is 4.90. The third kappa shape index (κ3) is 5.46. The van der Waals surface area contributed by atoms with Gasteiger partial charge in [0, 0.05) is 5.69 Å². The van der Waals surface area contributed by atoms with E-state index in [1.54, 1.807) is 37.3 Å². The lowest BCUT2D eigenvalue weighted by Gasteiger charge is -2.05. The minimum absolute atomic E-state index is 0.102. The lowest BCUT2D eigenvalue weighted by molar-refractivity contribution is -0.137. The van der Waals surface area contributed by atoms with Gasteiger partial charge in [-0.25, -0.2) is 4.79 Å². The predicted molar refractivity (Wildman–Crippen MR) is 80.8 cm³/mol. The van der Waals surface area contributed by atoms with Gasteiger partial charge in [-0.1, -0.05) is 35.3 Å². The van der Waals surface area contributed by atoms with Crippen LogP contribution in [0.4, 0.5) is 5.69 Å². The van der Waals surface area contributed by atoms with Crippen LogP contribution in [0.25, 0.3) is 6.08 Å². The second kappa shape index (κ2) is 8.30. The topological polar surface area (TPSA) is 79.2 Å². The minimum Gasteiger partial charge on any atom is -0.462 e. The van der Waals surface area contributed by atoms with Gasteiger partial charge in [0.1, 0.15) is 11.6 Å². The number of esters is 1. The Morgan fingerprint density at radius 3 is 2.48 bits per heavy atom. The van der Waals surface area contributed by atoms with Crippen molar-refractivity contribution in [3.8, 4) is 6.07 Å². The summed E-state index contributed by atoms with van der Waals surface area (Å²) in [5.74, 6) is -1.21. The maximum absolute atomic E-state index is 11.5. The number of nitriles is 1. The van der Waals surface area contributed by atoms with E-state index in [2.05, 4.69) is 5.32 Å². The third-order valence-electron chi connectivity index (χ3n) is 2.30. The molecule has 1 amide bonds. The van der Waals surface area contributed by atoms with Crippen molar-refractivity contribution in [1.29, 1.82) is 5.26 Å². The molecule has 110 valence electrons. The third-order valence-corrected chi connectivity index (χ3v) is 2.70. The average Bonchev–Trinajstić information content (AvgIpc) is 2.46. The fourth-order valence-corrected chi connectivity index (χ4v) is 1.48. The van der Waals surface area contributed by atoms with Crippen LogP contribution < -0.4 is 5.32 Å². The number of halogens is 2. The fraction of sp³-hybridized carbons (Fsp3) is 0.214. The average molecular weight is 327 g/mol. The number of nitrogens with one attached hydrogen (secondary N) is 1. The van der Waals surface area contributed by atoms with Crippen molar-refractivity contribution in [2.45, 2.75) is 11.8 Å². The van der Waals surface area contributed by atoms with Crippen LogP contribution in [0.5, 0.6) is 0 Å². The van der Waals surface area contributed by atoms with E-state index in [-0.39, 0.29) is 12.2 Å². The standard InChI is InChI=1S/C14H12Cl2N2O3/c1-2-21-14(20)10(8-17)7-9-3-5-11(6-4-9)18-13(19)12(15)16/h3-7,12H,2H2,1H3,(H,18,19). The van der Waals surface area contributed by atoms with Gasteiger partial charge in [0.2, 0.25) is 0 Å². The number of amides is 1. The number of ether oxygens (including phenoxy) is 1. The maximum atomic E-state index is 11.5. The zero-order valence-electron chi connectivity index (χ0n) is 11.1. The van der Waals surface area contributed by atoms with Crippen LogP contribution in [0.1, 0.15) is 12.5 Å². The highest BCUT2D eigenvalue weighted by molar-refractivity contribution is 6.54. The Bertz CT molecular complexity index is 589. The number of nitrogens with zero attached hydrogens (tertiary/aromatic N) is 1. The first-order chi connectivity index (χ1) is 9.97. The molecule has 0 fully saturated rings. The normalized spacial score (nSPS) is 10.9. The summed E-state index contributed by atoms with van der Waals surface area (Å²) in [7, 11) is 0. The van der Waals surface area contributed by atoms with Gasteiger partial charge < -0.3 is 10.1 Å². The highest BCUT2D eigenvalue weighted by Crippen LogP contribution is 2.14.